The van der Waals surface area contributed by atoms with Crippen LogP contribution in [-0.4, -0.2) is 23.8 Å². The van der Waals surface area contributed by atoms with E-state index in [4.69, 9.17) is 16.3 Å². The molecule has 0 saturated heterocycles. The second-order valence-corrected chi connectivity index (χ2v) is 8.06. The quantitative estimate of drug-likeness (QED) is 0.379. The van der Waals surface area contributed by atoms with Crippen molar-refractivity contribution in [2.24, 2.45) is 11.3 Å². The molecule has 2 aromatic rings. The molecule has 0 spiro atoms. The van der Waals surface area contributed by atoms with E-state index in [9.17, 15) is 9.59 Å². The van der Waals surface area contributed by atoms with Gasteiger partial charge in [0, 0.05) is 10.6 Å². The van der Waals surface area contributed by atoms with Crippen molar-refractivity contribution in [3.05, 3.63) is 70.7 Å². The first kappa shape index (κ1) is 19.0. The summed E-state index contributed by atoms with van der Waals surface area (Å²) in [5, 5.41) is 0.566. The van der Waals surface area contributed by atoms with Crippen molar-refractivity contribution in [1.29, 1.82) is 0 Å². The molecule has 1 aliphatic rings. The number of rotatable bonds is 7. The molecule has 0 bridgehead atoms. The molecule has 0 atom stereocenters. The number of ether oxygens (including phenoxy) is 1. The van der Waals surface area contributed by atoms with E-state index in [1.807, 2.05) is 36.6 Å². The number of Topliss-reactive ketones (excluding diaryl/α,β-unsaturated/α-hetero) is 1. The van der Waals surface area contributed by atoms with Crippen LogP contribution in [0.25, 0.3) is 0 Å². The number of hydrogen-bond acceptors (Lipinski definition) is 4. The molecular weight excluding hydrogens is 368 g/mol. The summed E-state index contributed by atoms with van der Waals surface area (Å²) in [6, 6.07) is 16.2. The maximum atomic E-state index is 13.1. The zero-order valence-electron chi connectivity index (χ0n) is 14.6. The van der Waals surface area contributed by atoms with E-state index in [-0.39, 0.29) is 12.4 Å². The van der Waals surface area contributed by atoms with Gasteiger partial charge in [0.25, 0.3) is 0 Å². The van der Waals surface area contributed by atoms with Crippen molar-refractivity contribution in [3.63, 3.8) is 0 Å². The molecular formula is C21H21ClO3S. The van der Waals surface area contributed by atoms with Crippen LogP contribution >= 0.6 is 23.4 Å². The number of ketones is 1. The second kappa shape index (κ2) is 8.28. The van der Waals surface area contributed by atoms with Crippen LogP contribution in [0, 0.1) is 11.3 Å². The first-order valence-corrected chi connectivity index (χ1v) is 10.3. The van der Waals surface area contributed by atoms with Gasteiger partial charge in [-0.05, 0) is 60.6 Å². The van der Waals surface area contributed by atoms with Gasteiger partial charge < -0.3 is 4.74 Å². The minimum Gasteiger partial charge on any atom is -0.460 e. The van der Waals surface area contributed by atoms with E-state index in [0.717, 1.165) is 11.3 Å². The predicted octanol–water partition coefficient (Wildman–Crippen LogP) is 5.03. The van der Waals surface area contributed by atoms with Gasteiger partial charge in [-0.2, -0.15) is 11.8 Å². The van der Waals surface area contributed by atoms with E-state index in [2.05, 4.69) is 0 Å². The van der Waals surface area contributed by atoms with E-state index >= 15 is 0 Å². The Bertz CT molecular complexity index is 768. The zero-order valence-corrected chi connectivity index (χ0v) is 16.2. The van der Waals surface area contributed by atoms with Crippen LogP contribution in [0.5, 0.6) is 0 Å². The van der Waals surface area contributed by atoms with E-state index in [0.29, 0.717) is 29.3 Å². The van der Waals surface area contributed by atoms with E-state index in [1.165, 1.54) is 0 Å². The molecule has 0 radical (unpaired) electrons. The predicted molar refractivity (Wildman–Crippen MR) is 106 cm³/mol. The van der Waals surface area contributed by atoms with Crippen molar-refractivity contribution in [1.82, 2.24) is 0 Å². The molecule has 3 rings (SSSR count). The molecule has 26 heavy (non-hydrogen) atoms. The lowest BCUT2D eigenvalue weighted by molar-refractivity contribution is -0.161. The SMILES string of the molecule is CSCC1CC(C(=O)OCc2ccccc2)(C(=O)c2ccc(Cl)cc2)C1. The molecule has 1 aliphatic carbocycles. The van der Waals surface area contributed by atoms with Crippen LogP contribution in [0.1, 0.15) is 28.8 Å². The number of benzene rings is 2. The van der Waals surface area contributed by atoms with Crippen molar-refractivity contribution in [2.75, 3.05) is 12.0 Å². The van der Waals surface area contributed by atoms with Gasteiger partial charge in [-0.15, -0.1) is 0 Å². The van der Waals surface area contributed by atoms with Gasteiger partial charge in [0.2, 0.25) is 0 Å². The fourth-order valence-corrected chi connectivity index (χ4v) is 4.30. The molecule has 0 unspecified atom stereocenters. The Morgan fingerprint density at radius 2 is 1.77 bits per heavy atom. The Morgan fingerprint density at radius 3 is 2.38 bits per heavy atom. The minimum atomic E-state index is -1.07. The van der Waals surface area contributed by atoms with Gasteiger partial charge in [0.05, 0.1) is 0 Å². The molecule has 0 aromatic heterocycles. The highest BCUT2D eigenvalue weighted by atomic mass is 35.5. The van der Waals surface area contributed by atoms with Crippen LogP contribution in [0.4, 0.5) is 0 Å². The fraction of sp³-hybridized carbons (Fsp3) is 0.333. The highest BCUT2D eigenvalue weighted by molar-refractivity contribution is 7.98. The smallest absolute Gasteiger partial charge is 0.320 e. The maximum Gasteiger partial charge on any atom is 0.320 e. The average Bonchev–Trinajstić information content (AvgIpc) is 2.63. The Morgan fingerprint density at radius 1 is 1.12 bits per heavy atom. The average molecular weight is 389 g/mol. The fourth-order valence-electron chi connectivity index (χ4n) is 3.46. The van der Waals surface area contributed by atoms with Gasteiger partial charge in [-0.3, -0.25) is 9.59 Å². The highest BCUT2D eigenvalue weighted by Crippen LogP contribution is 2.50. The molecule has 0 N–H and O–H groups in total. The summed E-state index contributed by atoms with van der Waals surface area (Å²) >= 11 is 7.65. The third-order valence-corrected chi connectivity index (χ3v) is 5.88. The van der Waals surface area contributed by atoms with Crippen LogP contribution in [0.3, 0.4) is 0 Å². The van der Waals surface area contributed by atoms with E-state index in [1.54, 1.807) is 36.0 Å². The van der Waals surface area contributed by atoms with Gasteiger partial charge in [-0.25, -0.2) is 0 Å². The lowest BCUT2D eigenvalue weighted by Crippen LogP contribution is -2.51. The third-order valence-electron chi connectivity index (χ3n) is 4.82. The number of halogens is 1. The minimum absolute atomic E-state index is 0.162. The van der Waals surface area contributed by atoms with Crippen molar-refractivity contribution in [2.45, 2.75) is 19.4 Å². The molecule has 1 fully saturated rings. The summed E-state index contributed by atoms with van der Waals surface area (Å²) in [4.78, 5) is 26.0. The van der Waals surface area contributed by atoms with Gasteiger partial charge in [-0.1, -0.05) is 41.9 Å². The largest absolute Gasteiger partial charge is 0.460 e. The molecule has 0 aliphatic heterocycles. The number of carbonyl (C=O) groups is 2. The number of hydrogen-bond donors (Lipinski definition) is 0. The van der Waals surface area contributed by atoms with Gasteiger partial charge >= 0.3 is 5.97 Å². The normalized spacial score (nSPS) is 21.7. The van der Waals surface area contributed by atoms with Gasteiger partial charge in [0.15, 0.2) is 5.78 Å². The van der Waals surface area contributed by atoms with Crippen LogP contribution in [0.15, 0.2) is 54.6 Å². The third kappa shape index (κ3) is 3.97. The molecule has 0 amide bonds. The van der Waals surface area contributed by atoms with Crippen molar-refractivity contribution in [3.8, 4) is 0 Å². The lowest BCUT2D eigenvalue weighted by atomic mass is 9.59. The second-order valence-electron chi connectivity index (χ2n) is 6.71. The lowest BCUT2D eigenvalue weighted by Gasteiger charge is -2.44. The molecule has 5 heteroatoms. The number of carbonyl (C=O) groups excluding carboxylic acids is 2. The monoisotopic (exact) mass is 388 g/mol. The number of esters is 1. The Balaban J connectivity index is 1.76. The zero-order chi connectivity index (χ0) is 18.6. The Labute approximate surface area is 163 Å². The van der Waals surface area contributed by atoms with Crippen LogP contribution < -0.4 is 0 Å². The van der Waals surface area contributed by atoms with Crippen molar-refractivity contribution < 1.29 is 14.3 Å². The molecule has 1 saturated carbocycles. The molecule has 0 heterocycles. The molecule has 2 aromatic carbocycles. The first-order valence-electron chi connectivity index (χ1n) is 8.55. The summed E-state index contributed by atoms with van der Waals surface area (Å²) in [5.74, 6) is 0.732. The molecule has 3 nitrogen and oxygen atoms in total. The standard InChI is InChI=1S/C21H21ClO3S/c1-26-14-16-11-21(12-16,19(23)17-7-9-18(22)10-8-17)20(24)25-13-15-5-3-2-4-6-15/h2-10,16H,11-14H2,1H3. The van der Waals surface area contributed by atoms with Crippen molar-refractivity contribution >= 4 is 35.1 Å². The van der Waals surface area contributed by atoms with Crippen LogP contribution in [-0.2, 0) is 16.1 Å². The summed E-state index contributed by atoms with van der Waals surface area (Å²) in [6.45, 7) is 0.183. The molecule has 136 valence electrons. The summed E-state index contributed by atoms with van der Waals surface area (Å²) in [6.07, 6.45) is 3.13. The summed E-state index contributed by atoms with van der Waals surface area (Å²) in [5.41, 5.74) is 0.354. The maximum absolute atomic E-state index is 13.1. The topological polar surface area (TPSA) is 43.4 Å². The summed E-state index contributed by atoms with van der Waals surface area (Å²) in [7, 11) is 0. The van der Waals surface area contributed by atoms with E-state index < -0.39 is 11.4 Å². The van der Waals surface area contributed by atoms with Crippen LogP contribution in [0.2, 0.25) is 5.02 Å². The highest BCUT2D eigenvalue weighted by Gasteiger charge is 2.56. The summed E-state index contributed by atoms with van der Waals surface area (Å²) < 4.78 is 5.54. The first-order chi connectivity index (χ1) is 12.5. The van der Waals surface area contributed by atoms with Gasteiger partial charge in [0.1, 0.15) is 12.0 Å². The Kier molecular flexibility index (Phi) is 6.05. The number of thioether (sulfide) groups is 1. The Hall–Kier alpha value is -1.78.